The maximum Gasteiger partial charge on any atom is 0.316 e. The molecule has 6 heteroatoms. The topological polar surface area (TPSA) is 52.1 Å². The summed E-state index contributed by atoms with van der Waals surface area (Å²) in [5.41, 5.74) is 0. The number of rotatable bonds is 6. The molecule has 0 aromatic carbocycles. The van der Waals surface area contributed by atoms with Crippen LogP contribution in [0.15, 0.2) is 4.34 Å². The Morgan fingerprint density at radius 2 is 2.33 bits per heavy atom. The largest absolute Gasteiger partial charge is 0.465 e. The van der Waals surface area contributed by atoms with Gasteiger partial charge in [0.2, 0.25) is 0 Å². The molecule has 0 radical (unpaired) electrons. The molecule has 1 heterocycles. The van der Waals surface area contributed by atoms with Crippen molar-refractivity contribution in [2.75, 3.05) is 12.4 Å². The van der Waals surface area contributed by atoms with Crippen LogP contribution in [-0.4, -0.2) is 28.5 Å². The Balaban J connectivity index is 2.16. The van der Waals surface area contributed by atoms with Gasteiger partial charge in [-0.2, -0.15) is 0 Å². The van der Waals surface area contributed by atoms with Crippen LogP contribution in [0.5, 0.6) is 0 Å². The Morgan fingerprint density at radius 3 is 2.93 bits per heavy atom. The third-order valence-corrected chi connectivity index (χ3v) is 3.53. The fourth-order valence-electron chi connectivity index (χ4n) is 0.829. The van der Waals surface area contributed by atoms with Gasteiger partial charge in [0.25, 0.3) is 0 Å². The predicted octanol–water partition coefficient (Wildman–Crippen LogP) is 2.28. The first kappa shape index (κ1) is 12.4. The molecular weight excluding hydrogens is 232 g/mol. The van der Waals surface area contributed by atoms with Crippen LogP contribution in [0.1, 0.15) is 24.8 Å². The second-order valence-corrected chi connectivity index (χ2v) is 5.35. The lowest BCUT2D eigenvalue weighted by atomic mass is 10.4. The molecule has 15 heavy (non-hydrogen) atoms. The molecule has 0 amide bonds. The molecule has 1 aromatic rings. The van der Waals surface area contributed by atoms with Crippen LogP contribution < -0.4 is 0 Å². The highest BCUT2D eigenvalue weighted by molar-refractivity contribution is 8.01. The highest BCUT2D eigenvalue weighted by atomic mass is 32.2. The first-order valence-corrected chi connectivity index (χ1v) is 6.61. The van der Waals surface area contributed by atoms with Crippen molar-refractivity contribution in [2.24, 2.45) is 0 Å². The highest BCUT2D eigenvalue weighted by Gasteiger charge is 2.06. The van der Waals surface area contributed by atoms with E-state index in [4.69, 9.17) is 4.74 Å². The van der Waals surface area contributed by atoms with E-state index in [1.54, 1.807) is 0 Å². The Morgan fingerprint density at radius 1 is 1.53 bits per heavy atom. The summed E-state index contributed by atoms with van der Waals surface area (Å²) in [5, 5.41) is 8.69. The van der Waals surface area contributed by atoms with Gasteiger partial charge in [-0.1, -0.05) is 36.4 Å². The van der Waals surface area contributed by atoms with Crippen molar-refractivity contribution in [2.45, 2.75) is 31.0 Å². The number of aryl methyl sites for hydroxylation is 1. The molecule has 0 bridgehead atoms. The molecule has 0 atom stereocenters. The molecule has 4 nitrogen and oxygen atoms in total. The van der Waals surface area contributed by atoms with Crippen LogP contribution in [-0.2, 0) is 9.53 Å². The third kappa shape index (κ3) is 5.13. The summed E-state index contributed by atoms with van der Waals surface area (Å²) < 4.78 is 5.83. The molecule has 0 fully saturated rings. The second-order valence-electron chi connectivity index (χ2n) is 2.95. The number of carbonyl (C=O) groups excluding carboxylic acids is 1. The highest BCUT2D eigenvalue weighted by Crippen LogP contribution is 2.21. The zero-order chi connectivity index (χ0) is 11.1. The van der Waals surface area contributed by atoms with Crippen molar-refractivity contribution in [1.82, 2.24) is 10.2 Å². The van der Waals surface area contributed by atoms with Gasteiger partial charge in [0.05, 0.1) is 12.4 Å². The number of thioether (sulfide) groups is 1. The summed E-state index contributed by atoms with van der Waals surface area (Å²) in [7, 11) is 0. The standard InChI is InChI=1S/C9H14N2O2S2/c1-3-4-5-13-8(12)6-14-9-11-10-7(2)15-9/h3-6H2,1-2H3. The first-order valence-electron chi connectivity index (χ1n) is 4.81. The quantitative estimate of drug-likeness (QED) is 0.438. The van der Waals surface area contributed by atoms with Gasteiger partial charge in [-0.05, 0) is 13.3 Å². The fourth-order valence-corrected chi connectivity index (χ4v) is 2.44. The number of aromatic nitrogens is 2. The lowest BCUT2D eigenvalue weighted by Crippen LogP contribution is -2.08. The number of unbranched alkanes of at least 4 members (excludes halogenated alkanes) is 1. The van der Waals surface area contributed by atoms with E-state index in [2.05, 4.69) is 17.1 Å². The van der Waals surface area contributed by atoms with Crippen molar-refractivity contribution in [3.8, 4) is 0 Å². The van der Waals surface area contributed by atoms with Crippen LogP contribution in [0.3, 0.4) is 0 Å². The monoisotopic (exact) mass is 246 g/mol. The SMILES string of the molecule is CCCCOC(=O)CSc1nnc(C)s1. The van der Waals surface area contributed by atoms with Crippen molar-refractivity contribution in [3.05, 3.63) is 5.01 Å². The molecule has 0 saturated carbocycles. The predicted molar refractivity (Wildman–Crippen MR) is 61.2 cm³/mol. The second kappa shape index (κ2) is 6.79. The van der Waals surface area contributed by atoms with Gasteiger partial charge >= 0.3 is 5.97 Å². The molecule has 0 spiro atoms. The molecular formula is C9H14N2O2S2. The maximum atomic E-state index is 11.2. The van der Waals surface area contributed by atoms with E-state index < -0.39 is 0 Å². The van der Waals surface area contributed by atoms with Crippen LogP contribution in [0, 0.1) is 6.92 Å². The smallest absolute Gasteiger partial charge is 0.316 e. The number of carbonyl (C=O) groups is 1. The van der Waals surface area contributed by atoms with Crippen LogP contribution in [0.2, 0.25) is 0 Å². The number of esters is 1. The Labute approximate surface area is 97.4 Å². The average Bonchev–Trinajstić information content (AvgIpc) is 2.62. The number of nitrogens with zero attached hydrogens (tertiary/aromatic N) is 2. The van der Waals surface area contributed by atoms with E-state index in [1.165, 1.54) is 23.1 Å². The summed E-state index contributed by atoms with van der Waals surface area (Å²) in [6.45, 7) is 4.47. The van der Waals surface area contributed by atoms with Gasteiger partial charge in [-0.25, -0.2) is 0 Å². The van der Waals surface area contributed by atoms with Gasteiger partial charge in [-0.15, -0.1) is 10.2 Å². The average molecular weight is 246 g/mol. The Hall–Kier alpha value is -0.620. The van der Waals surface area contributed by atoms with Gasteiger partial charge in [-0.3, -0.25) is 4.79 Å². The summed E-state index contributed by atoms with van der Waals surface area (Å²) in [5.74, 6) is 0.138. The molecule has 1 aromatic heterocycles. The van der Waals surface area contributed by atoms with Gasteiger partial charge in [0, 0.05) is 0 Å². The summed E-state index contributed by atoms with van der Waals surface area (Å²) in [6.07, 6.45) is 1.96. The minimum atomic E-state index is -0.179. The van der Waals surface area contributed by atoms with E-state index in [1.807, 2.05) is 6.92 Å². The summed E-state index contributed by atoms with van der Waals surface area (Å²) >= 11 is 2.87. The molecule has 84 valence electrons. The van der Waals surface area contributed by atoms with E-state index in [0.717, 1.165) is 22.2 Å². The molecule has 0 unspecified atom stereocenters. The molecule has 0 aliphatic carbocycles. The van der Waals surface area contributed by atoms with Gasteiger partial charge in [0.15, 0.2) is 4.34 Å². The summed E-state index contributed by atoms with van der Waals surface area (Å²) in [4.78, 5) is 11.2. The summed E-state index contributed by atoms with van der Waals surface area (Å²) in [6, 6.07) is 0. The Bertz CT molecular complexity index is 315. The van der Waals surface area contributed by atoms with Crippen molar-refractivity contribution in [3.63, 3.8) is 0 Å². The minimum absolute atomic E-state index is 0.179. The fraction of sp³-hybridized carbons (Fsp3) is 0.667. The van der Waals surface area contributed by atoms with E-state index in [-0.39, 0.29) is 5.97 Å². The number of ether oxygens (including phenoxy) is 1. The normalized spacial score (nSPS) is 10.3. The zero-order valence-corrected chi connectivity index (χ0v) is 10.5. The number of hydrogen-bond acceptors (Lipinski definition) is 6. The molecule has 1 rings (SSSR count). The molecule has 0 aliphatic heterocycles. The van der Waals surface area contributed by atoms with Crippen LogP contribution >= 0.6 is 23.1 Å². The van der Waals surface area contributed by atoms with Gasteiger partial charge in [0.1, 0.15) is 5.01 Å². The maximum absolute atomic E-state index is 11.2. The minimum Gasteiger partial charge on any atom is -0.465 e. The molecule has 0 N–H and O–H groups in total. The van der Waals surface area contributed by atoms with E-state index in [0.29, 0.717) is 12.4 Å². The first-order chi connectivity index (χ1) is 7.22. The third-order valence-electron chi connectivity index (χ3n) is 1.58. The van der Waals surface area contributed by atoms with E-state index >= 15 is 0 Å². The van der Waals surface area contributed by atoms with Crippen LogP contribution in [0.4, 0.5) is 0 Å². The Kier molecular flexibility index (Phi) is 5.63. The molecule has 0 aliphatic rings. The lowest BCUT2D eigenvalue weighted by Gasteiger charge is -2.01. The van der Waals surface area contributed by atoms with Crippen molar-refractivity contribution >= 4 is 29.1 Å². The van der Waals surface area contributed by atoms with Crippen LogP contribution in [0.25, 0.3) is 0 Å². The van der Waals surface area contributed by atoms with Crippen molar-refractivity contribution < 1.29 is 9.53 Å². The lowest BCUT2D eigenvalue weighted by molar-refractivity contribution is -0.140. The van der Waals surface area contributed by atoms with Gasteiger partial charge < -0.3 is 4.74 Å². The number of hydrogen-bond donors (Lipinski definition) is 0. The zero-order valence-electron chi connectivity index (χ0n) is 8.86. The van der Waals surface area contributed by atoms with Crippen molar-refractivity contribution in [1.29, 1.82) is 0 Å². The molecule has 0 saturated heterocycles. The van der Waals surface area contributed by atoms with E-state index in [9.17, 15) is 4.79 Å².